The molecule has 5 heteroatoms. The van der Waals surface area contributed by atoms with E-state index in [9.17, 15) is 9.90 Å². The number of carboxylic acid groups (broad SMARTS) is 1. The molecule has 5 nitrogen and oxygen atoms in total. The second-order valence-electron chi connectivity index (χ2n) is 6.91. The van der Waals surface area contributed by atoms with E-state index in [0.717, 1.165) is 26.1 Å². The number of carbonyl (C=O) groups is 1. The quantitative estimate of drug-likeness (QED) is 0.678. The Bertz CT molecular complexity index is 335. The Labute approximate surface area is 129 Å². The van der Waals surface area contributed by atoms with Gasteiger partial charge in [0.2, 0.25) is 0 Å². The highest BCUT2D eigenvalue weighted by atomic mass is 16.4. The van der Waals surface area contributed by atoms with Crippen LogP contribution >= 0.6 is 0 Å². The minimum absolute atomic E-state index is 0.280. The van der Waals surface area contributed by atoms with Crippen LogP contribution in [0.1, 0.15) is 46.5 Å². The number of rotatable bonds is 9. The van der Waals surface area contributed by atoms with Crippen LogP contribution in [0.15, 0.2) is 0 Å². The van der Waals surface area contributed by atoms with E-state index >= 15 is 0 Å². The molecule has 0 bridgehead atoms. The Morgan fingerprint density at radius 1 is 1.52 bits per heavy atom. The van der Waals surface area contributed by atoms with Crippen molar-refractivity contribution in [3.63, 3.8) is 0 Å². The average Bonchev–Trinajstić information content (AvgIpc) is 2.83. The van der Waals surface area contributed by atoms with Crippen molar-refractivity contribution in [2.24, 2.45) is 0 Å². The van der Waals surface area contributed by atoms with E-state index in [2.05, 4.69) is 43.1 Å². The van der Waals surface area contributed by atoms with Crippen molar-refractivity contribution >= 4 is 5.97 Å². The molecule has 1 heterocycles. The smallest absolute Gasteiger partial charge is 0.323 e. The van der Waals surface area contributed by atoms with Crippen molar-refractivity contribution in [2.45, 2.75) is 64.1 Å². The molecular weight excluding hydrogens is 266 g/mol. The summed E-state index contributed by atoms with van der Waals surface area (Å²) in [7, 11) is 4.21. The van der Waals surface area contributed by atoms with Crippen LogP contribution in [-0.4, -0.2) is 72.2 Å². The largest absolute Gasteiger partial charge is 0.480 e. The van der Waals surface area contributed by atoms with Gasteiger partial charge in [0.15, 0.2) is 0 Å². The molecule has 0 aliphatic carbocycles. The molecular formula is C16H33N3O2. The molecule has 0 aromatic rings. The van der Waals surface area contributed by atoms with Crippen LogP contribution in [0.5, 0.6) is 0 Å². The predicted molar refractivity (Wildman–Crippen MR) is 86.7 cm³/mol. The number of nitrogens with zero attached hydrogens (tertiary/aromatic N) is 2. The topological polar surface area (TPSA) is 55.8 Å². The third kappa shape index (κ3) is 5.24. The molecule has 1 aliphatic rings. The van der Waals surface area contributed by atoms with Crippen LogP contribution in [0.2, 0.25) is 0 Å². The summed E-state index contributed by atoms with van der Waals surface area (Å²) >= 11 is 0. The van der Waals surface area contributed by atoms with Crippen LogP contribution in [0, 0.1) is 0 Å². The molecule has 0 aromatic heterocycles. The van der Waals surface area contributed by atoms with Gasteiger partial charge in [-0.15, -0.1) is 0 Å². The first kappa shape index (κ1) is 18.4. The molecule has 1 saturated heterocycles. The van der Waals surface area contributed by atoms with Gasteiger partial charge in [0, 0.05) is 18.6 Å². The summed E-state index contributed by atoms with van der Waals surface area (Å²) in [5, 5.41) is 12.8. The van der Waals surface area contributed by atoms with Crippen LogP contribution in [0.25, 0.3) is 0 Å². The van der Waals surface area contributed by atoms with Gasteiger partial charge in [0.25, 0.3) is 0 Å². The van der Waals surface area contributed by atoms with Crippen molar-refractivity contribution in [2.75, 3.05) is 33.7 Å². The summed E-state index contributed by atoms with van der Waals surface area (Å²) in [5.74, 6) is -0.744. The maximum Gasteiger partial charge on any atom is 0.323 e. The molecule has 3 atom stereocenters. The maximum atomic E-state index is 11.6. The Morgan fingerprint density at radius 2 is 2.19 bits per heavy atom. The number of likely N-dealkylation sites (tertiary alicyclic amines) is 1. The standard InChI is InChI=1S/C16H33N3O2/c1-6-9-17-16(3,15(20)21)11-13(2)19-10-7-8-14(19)12-18(4)5/h13-14,17H,6-12H2,1-5H3,(H,20,21). The number of hydrogen-bond acceptors (Lipinski definition) is 4. The number of likely N-dealkylation sites (N-methyl/N-ethyl adjacent to an activating group) is 1. The molecule has 0 saturated carbocycles. The van der Waals surface area contributed by atoms with Gasteiger partial charge < -0.3 is 15.3 Å². The molecule has 0 aromatic carbocycles. The molecule has 2 N–H and O–H groups in total. The molecule has 1 rings (SSSR count). The minimum atomic E-state index is -0.833. The van der Waals surface area contributed by atoms with E-state index in [1.54, 1.807) is 0 Å². The highest BCUT2D eigenvalue weighted by Crippen LogP contribution is 2.25. The summed E-state index contributed by atoms with van der Waals surface area (Å²) in [6, 6.07) is 0.835. The molecule has 0 radical (unpaired) electrons. The van der Waals surface area contributed by atoms with Gasteiger partial charge >= 0.3 is 5.97 Å². The normalized spacial score (nSPS) is 24.2. The van der Waals surface area contributed by atoms with Crippen LogP contribution < -0.4 is 5.32 Å². The van der Waals surface area contributed by atoms with Crippen LogP contribution in [0.4, 0.5) is 0 Å². The SMILES string of the molecule is CCCNC(C)(CC(C)N1CCCC1CN(C)C)C(=O)O. The van der Waals surface area contributed by atoms with Crippen molar-refractivity contribution in [1.82, 2.24) is 15.1 Å². The lowest BCUT2D eigenvalue weighted by atomic mass is 9.92. The zero-order chi connectivity index (χ0) is 16.0. The molecule has 0 spiro atoms. The van der Waals surface area contributed by atoms with Gasteiger partial charge in [-0.1, -0.05) is 6.92 Å². The van der Waals surface area contributed by atoms with E-state index in [0.29, 0.717) is 12.5 Å². The van der Waals surface area contributed by atoms with Gasteiger partial charge in [0.1, 0.15) is 5.54 Å². The lowest BCUT2D eigenvalue weighted by molar-refractivity contribution is -0.145. The highest BCUT2D eigenvalue weighted by molar-refractivity contribution is 5.78. The van der Waals surface area contributed by atoms with Crippen LogP contribution in [0.3, 0.4) is 0 Å². The number of carboxylic acids is 1. The summed E-state index contributed by atoms with van der Waals surface area (Å²) < 4.78 is 0. The van der Waals surface area contributed by atoms with Crippen molar-refractivity contribution < 1.29 is 9.90 Å². The fourth-order valence-electron chi connectivity index (χ4n) is 3.40. The van der Waals surface area contributed by atoms with Crippen molar-refractivity contribution in [3.05, 3.63) is 0 Å². The van der Waals surface area contributed by atoms with Crippen molar-refractivity contribution in [1.29, 1.82) is 0 Å². The zero-order valence-electron chi connectivity index (χ0n) is 14.4. The van der Waals surface area contributed by atoms with Gasteiger partial charge in [-0.05, 0) is 66.7 Å². The third-order valence-electron chi connectivity index (χ3n) is 4.51. The average molecular weight is 299 g/mol. The number of nitrogens with one attached hydrogen (secondary N) is 1. The van der Waals surface area contributed by atoms with Gasteiger partial charge in [0.05, 0.1) is 0 Å². The third-order valence-corrected chi connectivity index (χ3v) is 4.51. The molecule has 1 aliphatic heterocycles. The summed E-state index contributed by atoms with van der Waals surface area (Å²) in [6.45, 7) is 8.93. The second-order valence-corrected chi connectivity index (χ2v) is 6.91. The van der Waals surface area contributed by atoms with E-state index in [-0.39, 0.29) is 6.04 Å². The van der Waals surface area contributed by atoms with Gasteiger partial charge in [-0.3, -0.25) is 9.69 Å². The fourth-order valence-corrected chi connectivity index (χ4v) is 3.40. The highest BCUT2D eigenvalue weighted by Gasteiger charge is 2.38. The van der Waals surface area contributed by atoms with E-state index in [4.69, 9.17) is 0 Å². The predicted octanol–water partition coefficient (Wildman–Crippen LogP) is 1.63. The Balaban J connectivity index is 2.67. The summed E-state index contributed by atoms with van der Waals surface area (Å²) in [5.41, 5.74) is -0.833. The van der Waals surface area contributed by atoms with Crippen LogP contribution in [-0.2, 0) is 4.79 Å². The zero-order valence-corrected chi connectivity index (χ0v) is 14.4. The lowest BCUT2D eigenvalue weighted by Gasteiger charge is -2.37. The van der Waals surface area contributed by atoms with E-state index in [1.807, 2.05) is 6.92 Å². The lowest BCUT2D eigenvalue weighted by Crippen LogP contribution is -2.54. The molecule has 124 valence electrons. The Morgan fingerprint density at radius 3 is 2.71 bits per heavy atom. The second kappa shape index (κ2) is 8.11. The van der Waals surface area contributed by atoms with E-state index in [1.165, 1.54) is 12.8 Å². The summed E-state index contributed by atoms with van der Waals surface area (Å²) in [4.78, 5) is 16.4. The number of hydrogen-bond donors (Lipinski definition) is 2. The summed E-state index contributed by atoms with van der Waals surface area (Å²) in [6.07, 6.45) is 4.03. The van der Waals surface area contributed by atoms with E-state index < -0.39 is 11.5 Å². The first-order valence-corrected chi connectivity index (χ1v) is 8.19. The molecule has 1 fully saturated rings. The molecule has 0 amide bonds. The Hall–Kier alpha value is -0.650. The first-order chi connectivity index (χ1) is 9.80. The van der Waals surface area contributed by atoms with Gasteiger partial charge in [-0.25, -0.2) is 0 Å². The monoisotopic (exact) mass is 299 g/mol. The number of aliphatic carboxylic acids is 1. The van der Waals surface area contributed by atoms with Gasteiger partial charge in [-0.2, -0.15) is 0 Å². The van der Waals surface area contributed by atoms with Crippen molar-refractivity contribution in [3.8, 4) is 0 Å². The fraction of sp³-hybridized carbons (Fsp3) is 0.938. The molecule has 3 unspecified atom stereocenters. The first-order valence-electron chi connectivity index (χ1n) is 8.19. The Kier molecular flexibility index (Phi) is 7.10. The maximum absolute atomic E-state index is 11.6. The molecule has 21 heavy (non-hydrogen) atoms. The minimum Gasteiger partial charge on any atom is -0.480 e.